The lowest BCUT2D eigenvalue weighted by molar-refractivity contribution is 0.0694. The van der Waals surface area contributed by atoms with Gasteiger partial charge in [0.25, 0.3) is 0 Å². The van der Waals surface area contributed by atoms with Crippen LogP contribution < -0.4 is 10.1 Å². The van der Waals surface area contributed by atoms with E-state index in [1.54, 1.807) is 6.07 Å². The van der Waals surface area contributed by atoms with E-state index in [1.807, 2.05) is 38.1 Å². The predicted molar refractivity (Wildman–Crippen MR) is 150 cm³/mol. The van der Waals surface area contributed by atoms with Crippen molar-refractivity contribution in [2.24, 2.45) is 10.9 Å². The molecule has 2 unspecified atom stereocenters. The zero-order valence-corrected chi connectivity index (χ0v) is 22.7. The first-order chi connectivity index (χ1) is 17.2. The second-order valence-corrected chi connectivity index (χ2v) is 9.49. The molecule has 2 atom stereocenters. The van der Waals surface area contributed by atoms with Crippen LogP contribution in [0.2, 0.25) is 0 Å². The number of allylic oxidation sites excluding steroid dienone is 3. The van der Waals surface area contributed by atoms with Gasteiger partial charge in [0.1, 0.15) is 11.5 Å². The lowest BCUT2D eigenvalue weighted by Gasteiger charge is -2.37. The number of fused-ring (bicyclic) bond motifs is 2. The molecule has 192 valence electrons. The molecule has 0 aromatic heterocycles. The van der Waals surface area contributed by atoms with Crippen LogP contribution in [0.5, 0.6) is 5.75 Å². The molecule has 0 fully saturated rings. The number of nitrogens with zero attached hydrogens (tertiary/aromatic N) is 1. The van der Waals surface area contributed by atoms with Crippen molar-refractivity contribution in [1.29, 1.82) is 0 Å². The minimum atomic E-state index is -0.909. The summed E-state index contributed by atoms with van der Waals surface area (Å²) < 4.78 is 6.43. The predicted octanol–water partition coefficient (Wildman–Crippen LogP) is 7.69. The summed E-state index contributed by atoms with van der Waals surface area (Å²) in [6.07, 6.45) is 6.83. The Morgan fingerprint density at radius 1 is 1.03 bits per heavy atom. The molecule has 0 saturated carbocycles. The van der Waals surface area contributed by atoms with Gasteiger partial charge < -0.3 is 15.2 Å². The smallest absolute Gasteiger partial charge is 0.335 e. The fourth-order valence-corrected chi connectivity index (χ4v) is 4.71. The first-order valence-corrected chi connectivity index (χ1v) is 13.1. The van der Waals surface area contributed by atoms with Crippen molar-refractivity contribution in [3.05, 3.63) is 81.6 Å². The number of anilines is 1. The number of aromatic carboxylic acids is 1. The highest BCUT2D eigenvalue weighted by molar-refractivity contribution is 6.09. The molecular weight excluding hydrogens is 448 g/mol. The maximum atomic E-state index is 12.2. The van der Waals surface area contributed by atoms with E-state index in [-0.39, 0.29) is 11.8 Å². The molecule has 2 aliphatic rings. The topological polar surface area (TPSA) is 70.9 Å². The van der Waals surface area contributed by atoms with Gasteiger partial charge in [0.05, 0.1) is 11.3 Å². The number of carboxylic acids is 1. The summed E-state index contributed by atoms with van der Waals surface area (Å²) in [7, 11) is 0. The number of carbonyl (C=O) groups is 1. The van der Waals surface area contributed by atoms with Gasteiger partial charge >= 0.3 is 5.97 Å². The van der Waals surface area contributed by atoms with Crippen molar-refractivity contribution in [1.82, 2.24) is 0 Å². The molecule has 2 aromatic rings. The summed E-state index contributed by atoms with van der Waals surface area (Å²) in [4.78, 5) is 16.8. The number of rotatable bonds is 6. The molecule has 0 radical (unpaired) electrons. The van der Waals surface area contributed by atoms with Crippen LogP contribution in [0.25, 0.3) is 0 Å². The van der Waals surface area contributed by atoms with Gasteiger partial charge in [-0.3, -0.25) is 4.99 Å². The summed E-state index contributed by atoms with van der Waals surface area (Å²) in [5.41, 5.74) is 7.23. The maximum Gasteiger partial charge on any atom is 0.335 e. The lowest BCUT2D eigenvalue weighted by Crippen LogP contribution is -2.29. The van der Waals surface area contributed by atoms with Gasteiger partial charge in [-0.15, -0.1) is 0 Å². The van der Waals surface area contributed by atoms with Gasteiger partial charge in [0.15, 0.2) is 0 Å². The van der Waals surface area contributed by atoms with E-state index in [0.717, 1.165) is 57.3 Å². The van der Waals surface area contributed by atoms with E-state index in [4.69, 9.17) is 4.74 Å². The Labute approximate surface area is 216 Å². The number of nitrogens with one attached hydrogen (secondary N) is 1. The molecule has 1 aliphatic heterocycles. The van der Waals surface area contributed by atoms with Gasteiger partial charge in [0.2, 0.25) is 0 Å². The Morgan fingerprint density at radius 2 is 1.75 bits per heavy atom. The average Bonchev–Trinajstić information content (AvgIpc) is 2.85. The van der Waals surface area contributed by atoms with Crippen molar-refractivity contribution in [2.45, 2.75) is 67.2 Å². The fraction of sp³-hybridized carbons (Fsp3) is 0.419. The standard InChI is InChI=1S/C27H30N2O3.C4H10/c1-6-28-22-13-24-20(11-16(22)4)26(18-9-8-15(3)10-19(18)27(30)31)21-12-17(5)23(29-7-2)14-25(21)32-24;1-3-4-2/h8-14,20,26,29H,6-7H2,1-5H3,(H,30,31);3-4H2,1-2H3. The minimum Gasteiger partial charge on any atom is -0.478 e. The second-order valence-electron chi connectivity index (χ2n) is 9.49. The van der Waals surface area contributed by atoms with Crippen molar-refractivity contribution in [3.63, 3.8) is 0 Å². The van der Waals surface area contributed by atoms with E-state index in [1.165, 1.54) is 12.8 Å². The van der Waals surface area contributed by atoms with E-state index < -0.39 is 5.97 Å². The highest BCUT2D eigenvalue weighted by atomic mass is 16.5. The van der Waals surface area contributed by atoms with Gasteiger partial charge in [-0.05, 0) is 63.5 Å². The summed E-state index contributed by atoms with van der Waals surface area (Å²) >= 11 is 0. The van der Waals surface area contributed by atoms with Crippen molar-refractivity contribution < 1.29 is 14.6 Å². The number of ether oxygens (including phenoxy) is 1. The zero-order chi connectivity index (χ0) is 26.4. The number of hydrogen-bond donors (Lipinski definition) is 2. The van der Waals surface area contributed by atoms with Crippen LogP contribution in [-0.2, 0) is 0 Å². The van der Waals surface area contributed by atoms with E-state index >= 15 is 0 Å². The van der Waals surface area contributed by atoms with Crippen molar-refractivity contribution >= 4 is 17.4 Å². The summed E-state index contributed by atoms with van der Waals surface area (Å²) in [6.45, 7) is 16.0. The summed E-state index contributed by atoms with van der Waals surface area (Å²) in [6, 6.07) is 9.89. The van der Waals surface area contributed by atoms with E-state index in [0.29, 0.717) is 12.1 Å². The number of carboxylic acid groups (broad SMARTS) is 1. The highest BCUT2D eigenvalue weighted by Gasteiger charge is 2.39. The largest absolute Gasteiger partial charge is 0.478 e. The molecule has 2 N–H and O–H groups in total. The molecule has 0 spiro atoms. The monoisotopic (exact) mass is 488 g/mol. The van der Waals surface area contributed by atoms with Crippen LogP contribution in [0.1, 0.15) is 86.0 Å². The Morgan fingerprint density at radius 3 is 2.36 bits per heavy atom. The van der Waals surface area contributed by atoms with Gasteiger partial charge in [-0.1, -0.05) is 50.5 Å². The molecule has 2 aromatic carbocycles. The van der Waals surface area contributed by atoms with Crippen LogP contribution in [-0.4, -0.2) is 29.9 Å². The number of aliphatic imine (C=N–C) groups is 1. The van der Waals surface area contributed by atoms with Crippen LogP contribution in [0.15, 0.2) is 58.8 Å². The van der Waals surface area contributed by atoms with E-state index in [2.05, 4.69) is 57.1 Å². The van der Waals surface area contributed by atoms with Crippen LogP contribution in [0.3, 0.4) is 0 Å². The third kappa shape index (κ3) is 5.72. The Balaban J connectivity index is 0.000000840. The third-order valence-electron chi connectivity index (χ3n) is 6.69. The minimum absolute atomic E-state index is 0.0940. The summed E-state index contributed by atoms with van der Waals surface area (Å²) in [5, 5.41) is 13.4. The Kier molecular flexibility index (Phi) is 9.14. The van der Waals surface area contributed by atoms with Gasteiger partial charge in [-0.2, -0.15) is 0 Å². The van der Waals surface area contributed by atoms with Crippen molar-refractivity contribution in [2.75, 3.05) is 18.4 Å². The molecular formula is C31H40N2O3. The fourth-order valence-electron chi connectivity index (χ4n) is 4.71. The molecule has 36 heavy (non-hydrogen) atoms. The average molecular weight is 489 g/mol. The number of aryl methyl sites for hydroxylation is 2. The Bertz CT molecular complexity index is 1200. The first-order valence-electron chi connectivity index (χ1n) is 13.1. The van der Waals surface area contributed by atoms with Crippen LogP contribution >= 0.6 is 0 Å². The normalized spacial score (nSPS) is 19.1. The number of hydrogen-bond acceptors (Lipinski definition) is 4. The van der Waals surface area contributed by atoms with Gasteiger partial charge in [0, 0.05) is 48.3 Å². The SMILES string of the molecule is CCCC.CCN=C1C=C2Oc3cc(NCC)c(C)cc3C(c3ccc(C)cc3C(=O)O)C2C=C1C. The maximum absolute atomic E-state index is 12.2. The van der Waals surface area contributed by atoms with E-state index in [9.17, 15) is 9.90 Å². The number of unbranched alkanes of at least 4 members (excludes halogenated alkanes) is 1. The molecule has 5 heteroatoms. The molecule has 4 rings (SSSR count). The molecule has 0 amide bonds. The second kappa shape index (κ2) is 12.1. The zero-order valence-electron chi connectivity index (χ0n) is 22.7. The quantitative estimate of drug-likeness (QED) is 0.437. The molecule has 5 nitrogen and oxygen atoms in total. The van der Waals surface area contributed by atoms with Crippen LogP contribution in [0.4, 0.5) is 5.69 Å². The molecule has 0 bridgehead atoms. The Hall–Kier alpha value is -3.34. The number of benzene rings is 2. The van der Waals surface area contributed by atoms with Crippen LogP contribution in [0, 0.1) is 19.8 Å². The lowest BCUT2D eigenvalue weighted by atomic mass is 9.73. The highest BCUT2D eigenvalue weighted by Crippen LogP contribution is 2.50. The molecule has 1 aliphatic carbocycles. The first kappa shape index (κ1) is 27.3. The van der Waals surface area contributed by atoms with Gasteiger partial charge in [-0.25, -0.2) is 4.79 Å². The molecule has 0 saturated heterocycles. The molecule has 1 heterocycles. The summed E-state index contributed by atoms with van der Waals surface area (Å²) in [5.74, 6) is 0.406. The third-order valence-corrected chi connectivity index (χ3v) is 6.69. The van der Waals surface area contributed by atoms with Crippen molar-refractivity contribution in [3.8, 4) is 5.75 Å².